The lowest BCUT2D eigenvalue weighted by atomic mass is 10.1. The number of nitrogens with zero attached hydrogens (tertiary/aromatic N) is 1. The fourth-order valence-electron chi connectivity index (χ4n) is 0.871. The smallest absolute Gasteiger partial charge is 0.177 e. The molecule has 0 saturated heterocycles. The average molecular weight is 207 g/mol. The molecule has 0 spiro atoms. The topological polar surface area (TPSA) is 38.7 Å². The number of hydrogen-bond acceptors (Lipinski definition) is 3. The highest BCUT2D eigenvalue weighted by Gasteiger charge is 1.98. The highest BCUT2D eigenvalue weighted by molar-refractivity contribution is 7.80. The first-order valence-corrected chi connectivity index (χ1v) is 5.23. The van der Waals surface area contributed by atoms with Crippen molar-refractivity contribution in [3.05, 3.63) is 0 Å². The van der Waals surface area contributed by atoms with E-state index in [4.69, 9.17) is 0 Å². The minimum absolute atomic E-state index is 0. The summed E-state index contributed by atoms with van der Waals surface area (Å²) in [6, 6.07) is 0. The SMILES string of the molecule is C.COS(=O)C/N=C(\C)CC(C)C. The molecule has 1 atom stereocenters. The maximum Gasteiger partial charge on any atom is 0.177 e. The molecule has 0 fully saturated rings. The molecule has 0 aliphatic carbocycles. The maximum absolute atomic E-state index is 10.8. The van der Waals surface area contributed by atoms with Crippen LogP contribution in [0.1, 0.15) is 34.6 Å². The first-order valence-electron chi connectivity index (χ1n) is 3.99. The Morgan fingerprint density at radius 3 is 2.46 bits per heavy atom. The van der Waals surface area contributed by atoms with Crippen LogP contribution in [0.5, 0.6) is 0 Å². The van der Waals surface area contributed by atoms with Gasteiger partial charge in [0.1, 0.15) is 5.88 Å². The second-order valence-electron chi connectivity index (χ2n) is 3.09. The van der Waals surface area contributed by atoms with E-state index in [9.17, 15) is 4.21 Å². The molecule has 0 aromatic heterocycles. The second-order valence-corrected chi connectivity index (χ2v) is 4.29. The van der Waals surface area contributed by atoms with Crippen molar-refractivity contribution in [1.29, 1.82) is 0 Å². The van der Waals surface area contributed by atoms with Gasteiger partial charge in [-0.1, -0.05) is 21.3 Å². The normalized spacial score (nSPS) is 14.1. The predicted octanol–water partition coefficient (Wildman–Crippen LogP) is 2.40. The molecule has 1 unspecified atom stereocenters. The molecule has 0 aromatic carbocycles. The summed E-state index contributed by atoms with van der Waals surface area (Å²) in [5.41, 5.74) is 1.04. The summed E-state index contributed by atoms with van der Waals surface area (Å²) in [7, 11) is 1.42. The van der Waals surface area contributed by atoms with Gasteiger partial charge in [0, 0.05) is 5.71 Å². The molecule has 0 heterocycles. The minimum atomic E-state index is -1.25. The van der Waals surface area contributed by atoms with Crippen LogP contribution in [0.25, 0.3) is 0 Å². The summed E-state index contributed by atoms with van der Waals surface area (Å²) in [5.74, 6) is 0.861. The Bertz CT molecular complexity index is 178. The second kappa shape index (κ2) is 8.38. The molecule has 0 amide bonds. The first-order chi connectivity index (χ1) is 5.56. The van der Waals surface area contributed by atoms with Gasteiger partial charge in [-0.25, -0.2) is 4.21 Å². The number of aliphatic imine (C=N–C) groups is 1. The lowest BCUT2D eigenvalue weighted by molar-refractivity contribution is 0.446. The number of rotatable bonds is 5. The summed E-state index contributed by atoms with van der Waals surface area (Å²) in [4.78, 5) is 4.13. The van der Waals surface area contributed by atoms with Gasteiger partial charge < -0.3 is 0 Å². The zero-order valence-electron chi connectivity index (χ0n) is 8.16. The van der Waals surface area contributed by atoms with E-state index in [1.807, 2.05) is 6.92 Å². The first kappa shape index (κ1) is 15.3. The van der Waals surface area contributed by atoms with Gasteiger partial charge in [-0.3, -0.25) is 9.18 Å². The maximum atomic E-state index is 10.8. The summed E-state index contributed by atoms with van der Waals surface area (Å²) in [6.07, 6.45) is 0.959. The molecule has 0 radical (unpaired) electrons. The third-order valence-electron chi connectivity index (χ3n) is 1.33. The van der Waals surface area contributed by atoms with Crippen molar-refractivity contribution < 1.29 is 8.39 Å². The Morgan fingerprint density at radius 1 is 1.54 bits per heavy atom. The van der Waals surface area contributed by atoms with Crippen LogP contribution in [0.4, 0.5) is 0 Å². The monoisotopic (exact) mass is 207 g/mol. The van der Waals surface area contributed by atoms with Gasteiger partial charge in [-0.2, -0.15) is 0 Å². The van der Waals surface area contributed by atoms with E-state index in [2.05, 4.69) is 23.0 Å². The molecular weight excluding hydrogens is 186 g/mol. The van der Waals surface area contributed by atoms with E-state index in [-0.39, 0.29) is 13.3 Å². The fourth-order valence-corrected chi connectivity index (χ4v) is 1.30. The van der Waals surface area contributed by atoms with E-state index in [1.54, 1.807) is 0 Å². The lowest BCUT2D eigenvalue weighted by Crippen LogP contribution is -2.02. The molecule has 80 valence electrons. The van der Waals surface area contributed by atoms with E-state index in [1.165, 1.54) is 7.11 Å². The predicted molar refractivity (Wildman–Crippen MR) is 59.3 cm³/mol. The van der Waals surface area contributed by atoms with Crippen molar-refractivity contribution in [1.82, 2.24) is 0 Å². The van der Waals surface area contributed by atoms with Gasteiger partial charge in [-0.05, 0) is 19.3 Å². The van der Waals surface area contributed by atoms with Crippen LogP contribution in [-0.2, 0) is 15.3 Å². The van der Waals surface area contributed by atoms with Crippen molar-refractivity contribution in [2.24, 2.45) is 10.9 Å². The van der Waals surface area contributed by atoms with E-state index < -0.39 is 11.1 Å². The van der Waals surface area contributed by atoms with Gasteiger partial charge in [0.05, 0.1) is 7.11 Å². The Hall–Kier alpha value is -0.220. The average Bonchev–Trinajstić information content (AvgIpc) is 1.99. The Morgan fingerprint density at radius 2 is 2.08 bits per heavy atom. The van der Waals surface area contributed by atoms with Crippen LogP contribution in [0, 0.1) is 5.92 Å². The molecule has 4 heteroatoms. The fraction of sp³-hybridized carbons (Fsp3) is 0.889. The van der Waals surface area contributed by atoms with Crippen LogP contribution in [0.3, 0.4) is 0 Å². The zero-order valence-corrected chi connectivity index (χ0v) is 8.98. The summed E-state index contributed by atoms with van der Waals surface area (Å²) < 4.78 is 15.4. The van der Waals surface area contributed by atoms with Crippen molar-refractivity contribution >= 4 is 16.8 Å². The Labute approximate surface area is 84.3 Å². The molecule has 0 rings (SSSR count). The third kappa shape index (κ3) is 9.70. The molecule has 0 N–H and O–H groups in total. The summed E-state index contributed by atoms with van der Waals surface area (Å²) >= 11 is -1.25. The highest BCUT2D eigenvalue weighted by Crippen LogP contribution is 2.01. The molecular formula is C9H21NO2S. The van der Waals surface area contributed by atoms with Crippen molar-refractivity contribution in [3.63, 3.8) is 0 Å². The summed E-state index contributed by atoms with van der Waals surface area (Å²) in [6.45, 7) is 6.21. The van der Waals surface area contributed by atoms with Gasteiger partial charge >= 0.3 is 0 Å². The number of hydrogen-bond donors (Lipinski definition) is 0. The van der Waals surface area contributed by atoms with Gasteiger partial charge in [-0.15, -0.1) is 0 Å². The van der Waals surface area contributed by atoms with Crippen LogP contribution < -0.4 is 0 Å². The van der Waals surface area contributed by atoms with Crippen LogP contribution in [0.2, 0.25) is 0 Å². The van der Waals surface area contributed by atoms with Crippen LogP contribution in [-0.4, -0.2) is 22.9 Å². The molecule has 3 nitrogen and oxygen atoms in total. The molecule has 0 aliphatic heterocycles. The largest absolute Gasteiger partial charge is 0.292 e. The quantitative estimate of drug-likeness (QED) is 0.649. The van der Waals surface area contributed by atoms with Gasteiger partial charge in [0.2, 0.25) is 0 Å². The Balaban J connectivity index is 0. The zero-order chi connectivity index (χ0) is 9.56. The van der Waals surface area contributed by atoms with Crippen molar-refractivity contribution in [2.45, 2.75) is 34.6 Å². The van der Waals surface area contributed by atoms with Crippen LogP contribution >= 0.6 is 0 Å². The van der Waals surface area contributed by atoms with Crippen molar-refractivity contribution in [2.75, 3.05) is 13.0 Å². The molecule has 0 bridgehead atoms. The van der Waals surface area contributed by atoms with E-state index in [0.29, 0.717) is 5.92 Å². The van der Waals surface area contributed by atoms with E-state index in [0.717, 1.165) is 12.1 Å². The Kier molecular flexibility index (Phi) is 9.84. The minimum Gasteiger partial charge on any atom is -0.292 e. The molecule has 0 saturated carbocycles. The lowest BCUT2D eigenvalue weighted by Gasteiger charge is -2.03. The van der Waals surface area contributed by atoms with E-state index >= 15 is 0 Å². The van der Waals surface area contributed by atoms with Gasteiger partial charge in [0.25, 0.3) is 0 Å². The molecule has 0 aliphatic rings. The third-order valence-corrected chi connectivity index (χ3v) is 2.04. The standard InChI is InChI=1S/C8H17NO2S.CH4/c1-7(2)5-8(3)9-6-12(10)11-4;/h7H,5-6H2,1-4H3;1H4/b9-8+;. The molecule has 13 heavy (non-hydrogen) atoms. The molecule has 0 aromatic rings. The van der Waals surface area contributed by atoms with Gasteiger partial charge in [0.15, 0.2) is 11.1 Å². The summed E-state index contributed by atoms with van der Waals surface area (Å²) in [5, 5.41) is 0. The van der Waals surface area contributed by atoms with Crippen molar-refractivity contribution in [3.8, 4) is 0 Å². The highest BCUT2D eigenvalue weighted by atomic mass is 32.2. The van der Waals surface area contributed by atoms with Crippen LogP contribution in [0.15, 0.2) is 4.99 Å².